The molecule has 4 aliphatic rings. The molecule has 135 heavy (non-hydrogen) atoms. The highest BCUT2D eigenvalue weighted by molar-refractivity contribution is 7.25. The summed E-state index contributed by atoms with van der Waals surface area (Å²) in [4.78, 5) is 6.93. The summed E-state index contributed by atoms with van der Waals surface area (Å²) in [6, 6.07) is 160. The van der Waals surface area contributed by atoms with E-state index in [9.17, 15) is 0 Å². The second-order valence-electron chi connectivity index (χ2n) is 37.0. The van der Waals surface area contributed by atoms with Crippen LogP contribution in [0, 0.1) is 0 Å². The quantitative estimate of drug-likeness (QED) is 0.135. The molecule has 4 aliphatic carbocycles. The number of anilines is 9. The molecule has 638 valence electrons. The van der Waals surface area contributed by atoms with Crippen molar-refractivity contribution in [2.45, 2.75) is 43.9 Å². The Bertz CT molecular complexity index is 9170. The lowest BCUT2D eigenvalue weighted by Gasteiger charge is -2.31. The van der Waals surface area contributed by atoms with E-state index >= 15 is 0 Å². The van der Waals surface area contributed by atoms with Crippen LogP contribution < -0.4 is 14.7 Å². The number of fused-ring (bicyclic) bond motifs is 31. The summed E-state index contributed by atoms with van der Waals surface area (Å²) in [5.41, 5.74) is 37.5. The van der Waals surface area contributed by atoms with E-state index < -0.39 is 0 Å². The summed E-state index contributed by atoms with van der Waals surface area (Å²) in [7, 11) is 0. The number of para-hydroxylation sites is 5. The lowest BCUT2D eigenvalue weighted by atomic mass is 9.70. The highest BCUT2D eigenvalue weighted by atomic mass is 32.1. The zero-order valence-electron chi connectivity index (χ0n) is 74.5. The molecule has 0 radical (unpaired) electrons. The monoisotopic (exact) mass is 1750 g/mol. The van der Waals surface area contributed by atoms with Crippen LogP contribution in [-0.4, -0.2) is 28.8 Å². The number of aromatic nitrogens is 6. The predicted octanol–water partition coefficient (Wildman–Crippen LogP) is 32.8. The summed E-state index contributed by atoms with van der Waals surface area (Å²) in [5, 5.41) is 24.1. The molecule has 0 N–H and O–H groups in total. The molecular weight excluding hydrogens is 1660 g/mol. The predicted molar refractivity (Wildman–Crippen MR) is 559 cm³/mol. The fraction of sp³-hybridized carbons (Fsp3) is 0.0565. The molecule has 25 aromatic rings. The van der Waals surface area contributed by atoms with Gasteiger partial charge in [-0.25, -0.2) is 13.5 Å². The van der Waals surface area contributed by atoms with Gasteiger partial charge in [-0.2, -0.15) is 0 Å². The Labute approximate surface area is 783 Å². The van der Waals surface area contributed by atoms with Gasteiger partial charge in [0.15, 0.2) is 23.0 Å². The molecule has 1 spiro atoms. The van der Waals surface area contributed by atoms with Crippen LogP contribution in [0.25, 0.3) is 147 Å². The maximum Gasteiger partial charge on any atom is 0.160 e. The largest absolute Gasteiger partial charge is 0.454 e. The Morgan fingerprint density at radius 1 is 0.252 bits per heavy atom. The van der Waals surface area contributed by atoms with E-state index in [1.807, 2.05) is 28.0 Å². The average Bonchev–Trinajstić information content (AvgIpc) is 1.50. The SMILES string of the molecule is CC1(C)c2ccccc2-c2c(N(c3cccc(-c4ccccc4)c3)c3cc4ccc5ccccc5n4n3)cccc21.CC1(C)c2ccccc2-c2cc(N(c3cc4ccc5ccccc5n4n3)c3cccc4c3oc3ccccc34)ccc21.c1ccc2c(c1)-c1ccccc1C21c2ccccc2-c2cc(N(c3ccc4sc5ccccc5c4c3)c3cc4ccc5ccccc5n4n3)ccc21. The smallest absolute Gasteiger partial charge is 0.160 e. The van der Waals surface area contributed by atoms with Crippen molar-refractivity contribution < 1.29 is 4.42 Å². The lowest BCUT2D eigenvalue weighted by molar-refractivity contribution is 0.660. The first-order valence-electron chi connectivity index (χ1n) is 46.4. The van der Waals surface area contributed by atoms with Crippen LogP contribution >= 0.6 is 11.3 Å². The van der Waals surface area contributed by atoms with Gasteiger partial charge in [0.25, 0.3) is 0 Å². The normalized spacial score (nSPS) is 13.5. The van der Waals surface area contributed by atoms with Gasteiger partial charge < -0.3 is 4.42 Å². The van der Waals surface area contributed by atoms with Gasteiger partial charge in [-0.15, -0.1) is 26.6 Å². The van der Waals surface area contributed by atoms with E-state index in [0.717, 1.165) is 112 Å². The second-order valence-corrected chi connectivity index (χ2v) is 38.1. The number of pyridine rings is 3. The Kier molecular flexibility index (Phi) is 17.3. The van der Waals surface area contributed by atoms with E-state index in [1.54, 1.807) is 0 Å². The van der Waals surface area contributed by atoms with Crippen molar-refractivity contribution in [2.75, 3.05) is 14.7 Å². The van der Waals surface area contributed by atoms with Crippen LogP contribution in [0.15, 0.2) is 447 Å². The molecule has 0 aliphatic heterocycles. The number of benzene rings is 17. The first kappa shape index (κ1) is 77.9. The molecule has 10 nitrogen and oxygen atoms in total. The number of hydrogen-bond acceptors (Lipinski definition) is 8. The molecule has 29 rings (SSSR count). The Balaban J connectivity index is 0.000000104. The minimum atomic E-state index is -0.376. The van der Waals surface area contributed by atoms with Crippen molar-refractivity contribution >= 4 is 154 Å². The van der Waals surface area contributed by atoms with Gasteiger partial charge in [-0.1, -0.05) is 337 Å². The minimum absolute atomic E-state index is 0.0595. The topological polar surface area (TPSA) is 74.8 Å². The third-order valence-corrected chi connectivity index (χ3v) is 30.2. The van der Waals surface area contributed by atoms with Crippen LogP contribution in [0.4, 0.5) is 51.6 Å². The highest BCUT2D eigenvalue weighted by Crippen LogP contribution is 2.64. The summed E-state index contributed by atoms with van der Waals surface area (Å²) >= 11 is 1.85. The number of thiophene rings is 1. The first-order valence-corrected chi connectivity index (χ1v) is 47.2. The van der Waals surface area contributed by atoms with E-state index in [4.69, 9.17) is 19.7 Å². The summed E-state index contributed by atoms with van der Waals surface area (Å²) in [6.45, 7) is 9.30. The van der Waals surface area contributed by atoms with E-state index in [1.165, 1.54) is 131 Å². The molecule has 0 unspecified atom stereocenters. The summed E-state index contributed by atoms with van der Waals surface area (Å²) < 4.78 is 15.3. The van der Waals surface area contributed by atoms with E-state index in [2.05, 4.69) is 482 Å². The second kappa shape index (κ2) is 30.0. The lowest BCUT2D eigenvalue weighted by Crippen LogP contribution is -2.25. The van der Waals surface area contributed by atoms with Gasteiger partial charge >= 0.3 is 0 Å². The van der Waals surface area contributed by atoms with E-state index in [-0.39, 0.29) is 16.2 Å². The van der Waals surface area contributed by atoms with Crippen LogP contribution in [-0.2, 0) is 16.2 Å². The molecule has 8 aromatic heterocycles. The van der Waals surface area contributed by atoms with Crippen LogP contribution in [0.1, 0.15) is 72.2 Å². The molecule has 0 saturated carbocycles. The summed E-state index contributed by atoms with van der Waals surface area (Å²) in [6.07, 6.45) is 0. The molecule has 8 heterocycles. The Morgan fingerprint density at radius 2 is 0.644 bits per heavy atom. The summed E-state index contributed by atoms with van der Waals surface area (Å²) in [5.74, 6) is 2.61. The van der Waals surface area contributed by atoms with Gasteiger partial charge in [0, 0.05) is 104 Å². The van der Waals surface area contributed by atoms with Crippen molar-refractivity contribution in [3.63, 3.8) is 0 Å². The molecule has 11 heteroatoms. The van der Waals surface area contributed by atoms with Gasteiger partial charge in [-0.3, -0.25) is 14.7 Å². The third kappa shape index (κ3) is 11.9. The molecule has 0 fully saturated rings. The molecular formula is C124H85N9OS. The number of nitrogens with zero attached hydrogens (tertiary/aromatic N) is 9. The Hall–Kier alpha value is -17.0. The van der Waals surface area contributed by atoms with Crippen LogP contribution in [0.5, 0.6) is 0 Å². The van der Waals surface area contributed by atoms with Gasteiger partial charge in [-0.05, 0) is 210 Å². The van der Waals surface area contributed by atoms with Crippen molar-refractivity contribution in [3.05, 3.63) is 487 Å². The fourth-order valence-corrected chi connectivity index (χ4v) is 23.9. The van der Waals surface area contributed by atoms with Crippen molar-refractivity contribution in [3.8, 4) is 55.6 Å². The van der Waals surface area contributed by atoms with Crippen LogP contribution in [0.2, 0.25) is 0 Å². The third-order valence-electron chi connectivity index (χ3n) is 29.0. The van der Waals surface area contributed by atoms with Gasteiger partial charge in [0.05, 0.1) is 49.9 Å². The standard InChI is InChI=1S/C48H29N3S.C38H27N3O.C38H29N3/c1-9-19-44-30(11-1)21-22-33-29-47(49-51(33)44)50(32-24-26-46-39(28-32)37-15-5-10-20-45(37)52-46)31-23-25-43-38(27-31)36-14-4-8-18-42(36)48(43)40-16-6-2-12-34(40)35-13-3-7-17-41(35)48;1-38(2)31-14-6-4-11-27(31)30-22-25(20-21-32(30)38)40(34-16-9-13-29-28-12-5-8-17-35(28)42-37(29)34)36-23-26-19-18-24-10-3-7-15-33(24)41(26)39-36;1-38(2)32-18-8-7-17-31(32)37-33(38)19-11-21-35(37)40(29-16-10-15-28(24-29)26-12-4-3-5-13-26)36-25-30-23-22-27-14-6-9-20-34(27)41(30)39-36/h1-29H;3-23H,1-2H3;3-25H,1-2H3. The molecule has 0 saturated heterocycles. The van der Waals surface area contributed by atoms with Crippen LogP contribution in [0.3, 0.4) is 0 Å². The number of furan rings is 1. The molecule has 0 amide bonds. The number of rotatable bonds is 10. The first-order chi connectivity index (χ1) is 66.4. The van der Waals surface area contributed by atoms with Gasteiger partial charge in [0.1, 0.15) is 5.58 Å². The highest BCUT2D eigenvalue weighted by Gasteiger charge is 2.52. The zero-order valence-corrected chi connectivity index (χ0v) is 75.3. The van der Waals surface area contributed by atoms with Crippen molar-refractivity contribution in [2.24, 2.45) is 0 Å². The maximum absolute atomic E-state index is 6.56. The van der Waals surface area contributed by atoms with Crippen molar-refractivity contribution in [1.29, 1.82) is 0 Å². The molecule has 17 aromatic carbocycles. The zero-order chi connectivity index (χ0) is 89.5. The Morgan fingerprint density at radius 3 is 1.27 bits per heavy atom. The molecule has 0 atom stereocenters. The van der Waals surface area contributed by atoms with E-state index in [0.29, 0.717) is 0 Å². The van der Waals surface area contributed by atoms with Crippen molar-refractivity contribution in [1.82, 2.24) is 28.8 Å². The minimum Gasteiger partial charge on any atom is -0.454 e. The average molecular weight is 1750 g/mol. The van der Waals surface area contributed by atoms with Gasteiger partial charge in [0.2, 0.25) is 0 Å². The fourth-order valence-electron chi connectivity index (χ4n) is 22.8. The molecule has 0 bridgehead atoms. The number of hydrogen-bond donors (Lipinski definition) is 0. The maximum atomic E-state index is 6.56.